The van der Waals surface area contributed by atoms with Crippen molar-refractivity contribution in [3.8, 4) is 0 Å². The largest absolute Gasteiger partial charge is 0.356 e. The Labute approximate surface area is 170 Å². The molecule has 0 amide bonds. The number of nitrogens with zero attached hydrogens (tertiary/aromatic N) is 7. The van der Waals surface area contributed by atoms with Gasteiger partial charge in [-0.1, -0.05) is 6.07 Å². The van der Waals surface area contributed by atoms with Crippen LogP contribution in [-0.2, 0) is 20.0 Å². The Balaban J connectivity index is 0.00000243. The second-order valence-electron chi connectivity index (χ2n) is 6.03. The molecule has 0 aromatic carbocycles. The number of imidazole rings is 1. The summed E-state index contributed by atoms with van der Waals surface area (Å²) >= 11 is 0. The Hall–Kier alpha value is -2.17. The van der Waals surface area contributed by atoms with Crippen LogP contribution in [0.4, 0.5) is 0 Å². The summed E-state index contributed by atoms with van der Waals surface area (Å²) in [5.41, 5.74) is 3.26. The number of aliphatic imine (C=N–C) groups is 1. The zero-order chi connectivity index (χ0) is 17.8. The number of guanidine groups is 1. The molecule has 0 atom stereocenters. The molecule has 3 rings (SSSR count). The fourth-order valence-corrected chi connectivity index (χ4v) is 2.76. The van der Waals surface area contributed by atoms with Crippen LogP contribution in [0.2, 0.25) is 0 Å². The first-order chi connectivity index (χ1) is 12.1. The maximum atomic E-state index is 4.70. The summed E-state index contributed by atoms with van der Waals surface area (Å²) in [7, 11) is 5.65. The quantitative estimate of drug-likeness (QED) is 0.350. The third kappa shape index (κ3) is 4.51. The lowest BCUT2D eigenvalue weighted by Crippen LogP contribution is -2.39. The van der Waals surface area contributed by atoms with Gasteiger partial charge in [-0.05, 0) is 18.6 Å². The zero-order valence-electron chi connectivity index (χ0n) is 15.5. The van der Waals surface area contributed by atoms with E-state index in [0.29, 0.717) is 6.54 Å². The Kier molecular flexibility index (Phi) is 6.95. The molecule has 0 saturated carbocycles. The molecule has 0 bridgehead atoms. The fraction of sp³-hybridized carbons (Fsp3) is 0.412. The Morgan fingerprint density at radius 3 is 2.85 bits per heavy atom. The molecule has 0 radical (unpaired) electrons. The third-order valence-electron chi connectivity index (χ3n) is 4.15. The molecule has 0 aliphatic rings. The summed E-state index contributed by atoms with van der Waals surface area (Å²) in [5, 5.41) is 7.47. The van der Waals surface area contributed by atoms with Crippen LogP contribution in [0, 0.1) is 6.92 Å². The van der Waals surface area contributed by atoms with Crippen molar-refractivity contribution in [1.82, 2.24) is 34.4 Å². The van der Waals surface area contributed by atoms with Gasteiger partial charge in [0.1, 0.15) is 17.8 Å². The molecule has 0 aliphatic carbocycles. The summed E-state index contributed by atoms with van der Waals surface area (Å²) in [6, 6.07) is 4.11. The van der Waals surface area contributed by atoms with Gasteiger partial charge < -0.3 is 14.6 Å². The van der Waals surface area contributed by atoms with Gasteiger partial charge in [-0.15, -0.1) is 24.0 Å². The van der Waals surface area contributed by atoms with Crippen molar-refractivity contribution in [3.05, 3.63) is 47.9 Å². The lowest BCUT2D eigenvalue weighted by molar-refractivity contribution is 0.449. The van der Waals surface area contributed by atoms with Crippen LogP contribution in [0.3, 0.4) is 0 Å². The molecule has 0 fully saturated rings. The van der Waals surface area contributed by atoms with Crippen molar-refractivity contribution in [2.45, 2.75) is 19.9 Å². The number of aromatic nitrogens is 5. The second-order valence-corrected chi connectivity index (χ2v) is 6.03. The van der Waals surface area contributed by atoms with Crippen LogP contribution in [0.5, 0.6) is 0 Å². The van der Waals surface area contributed by atoms with E-state index in [0.717, 1.165) is 36.1 Å². The minimum atomic E-state index is 0. The fourth-order valence-electron chi connectivity index (χ4n) is 2.76. The smallest absolute Gasteiger partial charge is 0.193 e. The predicted octanol–water partition coefficient (Wildman–Crippen LogP) is 1.64. The minimum Gasteiger partial charge on any atom is -0.356 e. The van der Waals surface area contributed by atoms with Crippen molar-refractivity contribution in [2.75, 3.05) is 20.6 Å². The lowest BCUT2D eigenvalue weighted by atomic mass is 10.3. The molecule has 8 nitrogen and oxygen atoms in total. The van der Waals surface area contributed by atoms with Gasteiger partial charge in [-0.25, -0.2) is 9.97 Å². The van der Waals surface area contributed by atoms with E-state index in [9.17, 15) is 0 Å². The van der Waals surface area contributed by atoms with Gasteiger partial charge >= 0.3 is 0 Å². The molecular weight excluding hydrogens is 443 g/mol. The van der Waals surface area contributed by atoms with Crippen LogP contribution in [-0.4, -0.2) is 55.6 Å². The summed E-state index contributed by atoms with van der Waals surface area (Å²) in [5.74, 6) is 1.71. The van der Waals surface area contributed by atoms with Crippen LogP contribution in [0.15, 0.2) is 35.8 Å². The van der Waals surface area contributed by atoms with Gasteiger partial charge in [0.25, 0.3) is 0 Å². The molecule has 9 heteroatoms. The molecule has 0 saturated heterocycles. The van der Waals surface area contributed by atoms with Gasteiger partial charge in [-0.2, -0.15) is 5.10 Å². The first-order valence-electron chi connectivity index (χ1n) is 8.26. The molecule has 0 aliphatic heterocycles. The summed E-state index contributed by atoms with van der Waals surface area (Å²) in [4.78, 5) is 15.3. The lowest BCUT2D eigenvalue weighted by Gasteiger charge is -2.21. The summed E-state index contributed by atoms with van der Waals surface area (Å²) in [6.07, 6.45) is 6.50. The minimum absolute atomic E-state index is 0. The van der Waals surface area contributed by atoms with Crippen molar-refractivity contribution in [2.24, 2.45) is 12.0 Å². The predicted molar refractivity (Wildman–Crippen MR) is 113 cm³/mol. The number of pyridine rings is 1. The van der Waals surface area contributed by atoms with Crippen LogP contribution in [0.25, 0.3) is 5.65 Å². The molecule has 0 unspecified atom stereocenters. The molecule has 3 aromatic rings. The number of fused-ring (bicyclic) bond motifs is 1. The van der Waals surface area contributed by atoms with Gasteiger partial charge in [-0.3, -0.25) is 9.67 Å². The highest BCUT2D eigenvalue weighted by Gasteiger charge is 2.10. The first kappa shape index (κ1) is 20.1. The van der Waals surface area contributed by atoms with E-state index >= 15 is 0 Å². The molecule has 3 heterocycles. The number of rotatable bonds is 5. The van der Waals surface area contributed by atoms with Crippen LogP contribution in [0.1, 0.15) is 17.1 Å². The number of hydrogen-bond donors (Lipinski definition) is 1. The Morgan fingerprint density at radius 2 is 2.19 bits per heavy atom. The monoisotopic (exact) mass is 468 g/mol. The van der Waals surface area contributed by atoms with Crippen molar-refractivity contribution in [3.63, 3.8) is 0 Å². The highest BCUT2D eigenvalue weighted by atomic mass is 127. The molecular formula is C17H25IN8. The van der Waals surface area contributed by atoms with E-state index in [1.807, 2.05) is 31.3 Å². The zero-order valence-corrected chi connectivity index (χ0v) is 17.9. The highest BCUT2D eigenvalue weighted by Crippen LogP contribution is 2.10. The van der Waals surface area contributed by atoms with E-state index in [-0.39, 0.29) is 24.0 Å². The normalized spacial score (nSPS) is 11.5. The van der Waals surface area contributed by atoms with Crippen molar-refractivity contribution < 1.29 is 0 Å². The van der Waals surface area contributed by atoms with E-state index in [4.69, 9.17) is 4.98 Å². The van der Waals surface area contributed by atoms with E-state index in [2.05, 4.69) is 44.0 Å². The second kappa shape index (κ2) is 8.97. The maximum Gasteiger partial charge on any atom is 0.193 e. The number of hydrogen-bond acceptors (Lipinski definition) is 4. The molecule has 3 aromatic heterocycles. The third-order valence-corrected chi connectivity index (χ3v) is 4.15. The van der Waals surface area contributed by atoms with E-state index in [1.54, 1.807) is 18.1 Å². The molecule has 1 N–H and O–H groups in total. The average Bonchev–Trinajstić information content (AvgIpc) is 3.19. The highest BCUT2D eigenvalue weighted by molar-refractivity contribution is 14.0. The molecule has 140 valence electrons. The number of nitrogens with one attached hydrogen (secondary N) is 1. The first-order valence-corrected chi connectivity index (χ1v) is 8.26. The maximum absolute atomic E-state index is 4.70. The summed E-state index contributed by atoms with van der Waals surface area (Å²) in [6.45, 7) is 3.48. The van der Waals surface area contributed by atoms with E-state index < -0.39 is 0 Å². The van der Waals surface area contributed by atoms with Crippen molar-refractivity contribution >= 4 is 35.6 Å². The standard InChI is InChI=1S/C17H24N8.HI/c1-13-6-5-9-25-10-14(22-16(13)25)7-8-19-17(18-2)23(3)11-15-20-12-21-24(15)4;/h5-6,9-10,12H,7-8,11H2,1-4H3,(H,18,19);1H. The number of aryl methyl sites for hydroxylation is 2. The van der Waals surface area contributed by atoms with Gasteiger partial charge in [0, 0.05) is 46.5 Å². The van der Waals surface area contributed by atoms with Gasteiger partial charge in [0.15, 0.2) is 5.96 Å². The summed E-state index contributed by atoms with van der Waals surface area (Å²) < 4.78 is 3.84. The topological polar surface area (TPSA) is 75.6 Å². The molecule has 0 spiro atoms. The van der Waals surface area contributed by atoms with Gasteiger partial charge in [0.05, 0.1) is 12.2 Å². The SMILES string of the molecule is CN=C(NCCc1cn2cccc(C)c2n1)N(C)Cc1ncnn1C.I. The van der Waals surface area contributed by atoms with Crippen LogP contribution < -0.4 is 5.32 Å². The van der Waals surface area contributed by atoms with Crippen LogP contribution >= 0.6 is 24.0 Å². The Bertz CT molecular complexity index is 882. The average molecular weight is 468 g/mol. The molecule has 26 heavy (non-hydrogen) atoms. The van der Waals surface area contributed by atoms with Crippen molar-refractivity contribution in [1.29, 1.82) is 0 Å². The van der Waals surface area contributed by atoms with E-state index in [1.165, 1.54) is 5.56 Å². The Morgan fingerprint density at radius 1 is 1.38 bits per heavy atom. The van der Waals surface area contributed by atoms with Gasteiger partial charge in [0.2, 0.25) is 0 Å². The number of halogens is 1.